The fourth-order valence-electron chi connectivity index (χ4n) is 2.75. The van der Waals surface area contributed by atoms with E-state index in [1.54, 1.807) is 17.4 Å². The predicted molar refractivity (Wildman–Crippen MR) is 70.8 cm³/mol. The van der Waals surface area contributed by atoms with Crippen LogP contribution in [0.25, 0.3) is 0 Å². The summed E-state index contributed by atoms with van der Waals surface area (Å²) in [5.41, 5.74) is 6.77. The van der Waals surface area contributed by atoms with Crippen LogP contribution in [0.2, 0.25) is 0 Å². The van der Waals surface area contributed by atoms with E-state index in [0.29, 0.717) is 11.3 Å². The molecule has 0 aliphatic carbocycles. The topological polar surface area (TPSA) is 153 Å². The van der Waals surface area contributed by atoms with Crippen molar-refractivity contribution in [2.75, 3.05) is 5.73 Å². The fraction of sp³-hybridized carbons (Fsp3) is 0.308. The first kappa shape index (κ1) is 14.4. The molecule has 6 N–H and O–H groups in total. The number of hydrogen-bond donors (Lipinski definition) is 5. The summed E-state index contributed by atoms with van der Waals surface area (Å²) in [6, 6.07) is 2.78. The SMILES string of the molecule is Nc1cccc2c1CN(C1C(=O)NC(=O)C(O)C1(O)O)C2=O. The molecule has 1 aromatic carbocycles. The molecule has 2 heterocycles. The van der Waals surface area contributed by atoms with Crippen molar-refractivity contribution in [3.8, 4) is 0 Å². The number of nitrogens with one attached hydrogen (secondary N) is 1. The molecule has 0 bridgehead atoms. The van der Waals surface area contributed by atoms with Gasteiger partial charge in [0.25, 0.3) is 17.7 Å². The van der Waals surface area contributed by atoms with E-state index in [1.165, 1.54) is 6.07 Å². The van der Waals surface area contributed by atoms with Gasteiger partial charge in [0.1, 0.15) is 0 Å². The molecule has 22 heavy (non-hydrogen) atoms. The maximum absolute atomic E-state index is 12.4. The molecule has 1 aromatic rings. The Morgan fingerprint density at radius 2 is 1.91 bits per heavy atom. The Hall–Kier alpha value is -2.49. The maximum atomic E-state index is 12.4. The number of fused-ring (bicyclic) bond motifs is 1. The van der Waals surface area contributed by atoms with Crippen LogP contribution in [-0.2, 0) is 16.1 Å². The van der Waals surface area contributed by atoms with Crippen LogP contribution in [0, 0.1) is 0 Å². The average Bonchev–Trinajstić information content (AvgIpc) is 2.76. The zero-order chi connectivity index (χ0) is 16.2. The molecule has 1 fully saturated rings. The molecule has 9 heteroatoms. The minimum Gasteiger partial charge on any atom is -0.398 e. The second-order valence-electron chi connectivity index (χ2n) is 5.25. The molecule has 0 spiro atoms. The van der Waals surface area contributed by atoms with Crippen molar-refractivity contribution in [3.63, 3.8) is 0 Å². The molecule has 3 amide bonds. The number of carbonyl (C=O) groups excluding carboxylic acids is 3. The Bertz CT molecular complexity index is 701. The Morgan fingerprint density at radius 1 is 1.23 bits per heavy atom. The molecular formula is C13H13N3O6. The number of anilines is 1. The molecule has 1 saturated heterocycles. The van der Waals surface area contributed by atoms with E-state index in [-0.39, 0.29) is 12.1 Å². The molecule has 2 unspecified atom stereocenters. The van der Waals surface area contributed by atoms with E-state index < -0.39 is 35.7 Å². The van der Waals surface area contributed by atoms with Crippen molar-refractivity contribution in [3.05, 3.63) is 29.3 Å². The zero-order valence-electron chi connectivity index (χ0n) is 11.2. The number of carbonyl (C=O) groups is 3. The summed E-state index contributed by atoms with van der Waals surface area (Å²) in [6.45, 7) is -0.136. The van der Waals surface area contributed by atoms with Gasteiger partial charge in [-0.25, -0.2) is 0 Å². The zero-order valence-corrected chi connectivity index (χ0v) is 11.2. The van der Waals surface area contributed by atoms with Crippen molar-refractivity contribution in [1.82, 2.24) is 10.2 Å². The highest BCUT2D eigenvalue weighted by atomic mass is 16.5. The third-order valence-corrected chi connectivity index (χ3v) is 3.89. The van der Waals surface area contributed by atoms with Gasteiger partial charge in [-0.3, -0.25) is 19.7 Å². The highest BCUT2D eigenvalue weighted by Gasteiger charge is 2.58. The summed E-state index contributed by atoms with van der Waals surface area (Å²) in [6.07, 6.45) is -2.26. The summed E-state index contributed by atoms with van der Waals surface area (Å²) >= 11 is 0. The summed E-state index contributed by atoms with van der Waals surface area (Å²) < 4.78 is 0. The number of nitrogens with two attached hydrogens (primary N) is 1. The average molecular weight is 307 g/mol. The van der Waals surface area contributed by atoms with Gasteiger partial charge in [0.05, 0.1) is 0 Å². The van der Waals surface area contributed by atoms with Gasteiger partial charge in [0, 0.05) is 23.4 Å². The quantitative estimate of drug-likeness (QED) is 0.215. The van der Waals surface area contributed by atoms with E-state index >= 15 is 0 Å². The van der Waals surface area contributed by atoms with Crippen LogP contribution in [0.15, 0.2) is 18.2 Å². The lowest BCUT2D eigenvalue weighted by Gasteiger charge is -2.41. The van der Waals surface area contributed by atoms with Gasteiger partial charge >= 0.3 is 0 Å². The van der Waals surface area contributed by atoms with Crippen molar-refractivity contribution in [1.29, 1.82) is 0 Å². The van der Waals surface area contributed by atoms with Gasteiger partial charge in [0.2, 0.25) is 5.79 Å². The molecule has 0 aromatic heterocycles. The fourth-order valence-corrected chi connectivity index (χ4v) is 2.75. The lowest BCUT2D eigenvalue weighted by molar-refractivity contribution is -0.253. The smallest absolute Gasteiger partial charge is 0.261 e. The number of aliphatic hydroxyl groups is 3. The molecule has 0 radical (unpaired) electrons. The molecule has 0 saturated carbocycles. The Labute approximate surface area is 123 Å². The summed E-state index contributed by atoms with van der Waals surface area (Å²) in [5.74, 6) is -6.06. The maximum Gasteiger partial charge on any atom is 0.261 e. The van der Waals surface area contributed by atoms with Crippen molar-refractivity contribution >= 4 is 23.4 Å². The van der Waals surface area contributed by atoms with Crippen LogP contribution < -0.4 is 11.1 Å². The van der Waals surface area contributed by atoms with E-state index in [0.717, 1.165) is 4.90 Å². The van der Waals surface area contributed by atoms with Crippen molar-refractivity contribution in [2.24, 2.45) is 0 Å². The molecule has 116 valence electrons. The predicted octanol–water partition coefficient (Wildman–Crippen LogP) is -2.71. The molecule has 2 aliphatic rings. The van der Waals surface area contributed by atoms with Gasteiger partial charge in [-0.2, -0.15) is 0 Å². The second-order valence-corrected chi connectivity index (χ2v) is 5.25. The lowest BCUT2D eigenvalue weighted by Crippen LogP contribution is -2.73. The minimum atomic E-state index is -3.09. The molecular weight excluding hydrogens is 294 g/mol. The van der Waals surface area contributed by atoms with Crippen molar-refractivity contribution < 1.29 is 29.7 Å². The normalized spacial score (nSPS) is 26.9. The molecule has 3 rings (SSSR count). The van der Waals surface area contributed by atoms with Crippen LogP contribution >= 0.6 is 0 Å². The summed E-state index contributed by atoms with van der Waals surface area (Å²) in [5, 5.41) is 31.3. The number of nitrogens with zero attached hydrogens (tertiary/aromatic N) is 1. The number of nitrogen functional groups attached to an aromatic ring is 1. The first-order valence-electron chi connectivity index (χ1n) is 6.41. The van der Waals surface area contributed by atoms with E-state index in [4.69, 9.17) is 5.73 Å². The Morgan fingerprint density at radius 3 is 2.55 bits per heavy atom. The number of hydrogen-bond acceptors (Lipinski definition) is 7. The number of imide groups is 1. The van der Waals surface area contributed by atoms with Gasteiger partial charge in [-0.1, -0.05) is 6.07 Å². The Kier molecular flexibility index (Phi) is 2.96. The van der Waals surface area contributed by atoms with Crippen LogP contribution in [0.3, 0.4) is 0 Å². The minimum absolute atomic E-state index is 0.136. The molecule has 2 atom stereocenters. The van der Waals surface area contributed by atoms with Crippen LogP contribution in [-0.4, -0.2) is 55.9 Å². The van der Waals surface area contributed by atoms with Gasteiger partial charge < -0.3 is 26.0 Å². The third-order valence-electron chi connectivity index (χ3n) is 3.89. The largest absolute Gasteiger partial charge is 0.398 e. The molecule has 9 nitrogen and oxygen atoms in total. The van der Waals surface area contributed by atoms with Crippen molar-refractivity contribution in [2.45, 2.75) is 24.5 Å². The number of aliphatic hydroxyl groups excluding tert-OH is 1. The number of benzene rings is 1. The summed E-state index contributed by atoms with van der Waals surface area (Å²) in [7, 11) is 0. The number of rotatable bonds is 1. The first-order valence-corrected chi connectivity index (χ1v) is 6.41. The van der Waals surface area contributed by atoms with E-state index in [1.807, 2.05) is 0 Å². The first-order chi connectivity index (χ1) is 10.2. The van der Waals surface area contributed by atoms with Gasteiger partial charge in [-0.05, 0) is 12.1 Å². The Balaban J connectivity index is 2.02. The van der Waals surface area contributed by atoms with E-state index in [2.05, 4.69) is 0 Å². The highest BCUT2D eigenvalue weighted by molar-refractivity contribution is 6.08. The standard InChI is InChI=1S/C13H13N3O6/c14-7-3-1-2-5-6(7)4-16(12(5)20)8-10(18)15-11(19)9(17)13(8,21)22/h1-3,8-9,17,21-22H,4,14H2,(H,15,18,19). The third kappa shape index (κ3) is 1.80. The molecule has 2 aliphatic heterocycles. The number of piperidine rings is 1. The van der Waals surface area contributed by atoms with E-state index in [9.17, 15) is 29.7 Å². The second kappa shape index (κ2) is 4.50. The van der Waals surface area contributed by atoms with Gasteiger partial charge in [-0.15, -0.1) is 0 Å². The van der Waals surface area contributed by atoms with Crippen LogP contribution in [0.1, 0.15) is 15.9 Å². The van der Waals surface area contributed by atoms with Gasteiger partial charge in [0.15, 0.2) is 12.1 Å². The van der Waals surface area contributed by atoms with Crippen LogP contribution in [0.4, 0.5) is 5.69 Å². The summed E-state index contributed by atoms with van der Waals surface area (Å²) in [4.78, 5) is 36.5. The van der Waals surface area contributed by atoms with Crippen LogP contribution in [0.5, 0.6) is 0 Å². The highest BCUT2D eigenvalue weighted by Crippen LogP contribution is 2.33. The monoisotopic (exact) mass is 307 g/mol. The lowest BCUT2D eigenvalue weighted by atomic mass is 9.94. The number of amides is 3.